The van der Waals surface area contributed by atoms with Crippen LogP contribution in [0.2, 0.25) is 0 Å². The Morgan fingerprint density at radius 2 is 2.13 bits per heavy atom. The summed E-state index contributed by atoms with van der Waals surface area (Å²) in [6.45, 7) is 3.62. The van der Waals surface area contributed by atoms with Gasteiger partial charge in [0.2, 0.25) is 0 Å². The summed E-state index contributed by atoms with van der Waals surface area (Å²) in [5.74, 6) is 4.74. The topological polar surface area (TPSA) is 22.4 Å². The van der Waals surface area contributed by atoms with Crippen molar-refractivity contribution < 1.29 is 9.15 Å². The van der Waals surface area contributed by atoms with Crippen LogP contribution in [0.15, 0.2) is 16.7 Å². The summed E-state index contributed by atoms with van der Waals surface area (Å²) < 4.78 is 11.3. The van der Waals surface area contributed by atoms with Gasteiger partial charge in [-0.2, -0.15) is 0 Å². The summed E-state index contributed by atoms with van der Waals surface area (Å²) >= 11 is 0. The fourth-order valence-electron chi connectivity index (χ4n) is 7.70. The Morgan fingerprint density at radius 3 is 3.00 bits per heavy atom. The number of rotatable bonds is 2. The maximum Gasteiger partial charge on any atom is 0.107 e. The third-order valence-corrected chi connectivity index (χ3v) is 8.52. The molecule has 1 aromatic heterocycles. The molecule has 23 heavy (non-hydrogen) atoms. The molecule has 1 aromatic rings. The lowest BCUT2D eigenvalue weighted by atomic mass is 9.45. The molecular formula is C21H30O2. The van der Waals surface area contributed by atoms with E-state index in [4.69, 9.17) is 9.15 Å². The molecule has 3 saturated carbocycles. The molecule has 1 heterocycles. The summed E-state index contributed by atoms with van der Waals surface area (Å²) in [7, 11) is 1.89. The van der Waals surface area contributed by atoms with E-state index in [2.05, 4.69) is 13.0 Å². The molecule has 4 aliphatic rings. The van der Waals surface area contributed by atoms with E-state index in [1.807, 2.05) is 13.4 Å². The number of aryl methyl sites for hydroxylation is 1. The molecule has 5 rings (SSSR count). The molecule has 4 aliphatic carbocycles. The largest absolute Gasteiger partial charge is 0.469 e. The van der Waals surface area contributed by atoms with E-state index in [9.17, 15) is 0 Å². The van der Waals surface area contributed by atoms with Crippen molar-refractivity contribution in [3.63, 3.8) is 0 Å². The molecule has 0 aliphatic heterocycles. The van der Waals surface area contributed by atoms with E-state index >= 15 is 0 Å². The lowest BCUT2D eigenvalue weighted by Gasteiger charge is -2.59. The second-order valence-corrected chi connectivity index (χ2v) is 9.27. The van der Waals surface area contributed by atoms with Gasteiger partial charge in [-0.15, -0.1) is 0 Å². The van der Waals surface area contributed by atoms with Crippen LogP contribution >= 0.6 is 0 Å². The van der Waals surface area contributed by atoms with Gasteiger partial charge in [-0.3, -0.25) is 0 Å². The summed E-state index contributed by atoms with van der Waals surface area (Å²) in [6.07, 6.45) is 13.1. The summed E-state index contributed by atoms with van der Waals surface area (Å²) in [5.41, 5.74) is 2.70. The number of methoxy groups -OCH3 is 1. The van der Waals surface area contributed by atoms with E-state index < -0.39 is 0 Å². The van der Waals surface area contributed by atoms with Gasteiger partial charge < -0.3 is 9.15 Å². The lowest BCUT2D eigenvalue weighted by molar-refractivity contribution is -0.0694. The lowest BCUT2D eigenvalue weighted by Crippen LogP contribution is -2.50. The van der Waals surface area contributed by atoms with E-state index in [0.717, 1.165) is 36.7 Å². The monoisotopic (exact) mass is 314 g/mol. The van der Waals surface area contributed by atoms with Gasteiger partial charge in [0.05, 0.1) is 6.26 Å². The zero-order valence-corrected chi connectivity index (χ0v) is 14.6. The first-order valence-corrected chi connectivity index (χ1v) is 9.71. The Bertz CT molecular complexity index is 605. The van der Waals surface area contributed by atoms with Crippen LogP contribution in [0.5, 0.6) is 0 Å². The number of ether oxygens (including phenoxy) is 1. The molecule has 1 spiro atoms. The predicted octanol–water partition coefficient (Wildman–Crippen LogP) is 5.18. The van der Waals surface area contributed by atoms with Gasteiger partial charge >= 0.3 is 0 Å². The second-order valence-electron chi connectivity index (χ2n) is 9.27. The minimum Gasteiger partial charge on any atom is -0.469 e. The maximum atomic E-state index is 5.78. The SMILES string of the molecule is COC[C@H]1C[C@@]23CC[C@@H]4c5ccoc5CC[C@@]4(C)C2CC[C@@H]1C3. The van der Waals surface area contributed by atoms with Crippen molar-refractivity contribution in [1.82, 2.24) is 0 Å². The number of fused-ring (bicyclic) bond motifs is 5. The van der Waals surface area contributed by atoms with Crippen molar-refractivity contribution >= 4 is 0 Å². The van der Waals surface area contributed by atoms with Crippen LogP contribution in [-0.4, -0.2) is 13.7 Å². The van der Waals surface area contributed by atoms with E-state index in [-0.39, 0.29) is 0 Å². The molecule has 0 aromatic carbocycles. The second kappa shape index (κ2) is 4.88. The predicted molar refractivity (Wildman–Crippen MR) is 90.4 cm³/mol. The van der Waals surface area contributed by atoms with Crippen molar-refractivity contribution in [2.75, 3.05) is 13.7 Å². The molecule has 2 bridgehead atoms. The number of hydrogen-bond donors (Lipinski definition) is 0. The van der Waals surface area contributed by atoms with Crippen LogP contribution in [0, 0.1) is 28.6 Å². The summed E-state index contributed by atoms with van der Waals surface area (Å²) in [5, 5.41) is 0. The third-order valence-electron chi connectivity index (χ3n) is 8.52. The van der Waals surface area contributed by atoms with Crippen LogP contribution in [0.3, 0.4) is 0 Å². The van der Waals surface area contributed by atoms with E-state index in [1.165, 1.54) is 50.7 Å². The van der Waals surface area contributed by atoms with Crippen LogP contribution in [0.4, 0.5) is 0 Å². The summed E-state index contributed by atoms with van der Waals surface area (Å²) in [6, 6.07) is 2.28. The minimum absolute atomic E-state index is 0.502. The first-order valence-electron chi connectivity index (χ1n) is 9.71. The maximum absolute atomic E-state index is 5.78. The number of hydrogen-bond acceptors (Lipinski definition) is 2. The molecule has 0 saturated heterocycles. The van der Waals surface area contributed by atoms with Crippen LogP contribution in [0.1, 0.15) is 69.1 Å². The van der Waals surface area contributed by atoms with Gasteiger partial charge in [-0.25, -0.2) is 0 Å². The van der Waals surface area contributed by atoms with Crippen LogP contribution in [0.25, 0.3) is 0 Å². The van der Waals surface area contributed by atoms with Crippen molar-refractivity contribution in [1.29, 1.82) is 0 Å². The fourth-order valence-corrected chi connectivity index (χ4v) is 7.70. The molecule has 0 radical (unpaired) electrons. The standard InChI is InChI=1S/C21H30O2/c1-20-8-6-18-16(7-10-23-18)17(20)5-9-21-11-14(3-4-19(20)21)15(12-21)13-22-2/h7,10,14-15,17,19H,3-6,8-9,11-13H2,1-2H3/t14-,15-,17-,19?,20-,21+/m1/s1. The molecule has 126 valence electrons. The molecule has 1 unspecified atom stereocenters. The summed E-state index contributed by atoms with van der Waals surface area (Å²) in [4.78, 5) is 0. The Balaban J connectivity index is 1.51. The van der Waals surface area contributed by atoms with Gasteiger partial charge in [0, 0.05) is 20.1 Å². The van der Waals surface area contributed by atoms with Gasteiger partial charge in [-0.05, 0) is 91.1 Å². The zero-order valence-electron chi connectivity index (χ0n) is 14.6. The molecule has 6 atom stereocenters. The number of furan rings is 1. The van der Waals surface area contributed by atoms with Crippen molar-refractivity contribution in [3.8, 4) is 0 Å². The van der Waals surface area contributed by atoms with Crippen LogP contribution in [-0.2, 0) is 11.2 Å². The van der Waals surface area contributed by atoms with E-state index in [1.54, 1.807) is 5.56 Å². The molecule has 2 nitrogen and oxygen atoms in total. The Kier molecular flexibility index (Phi) is 3.09. The molecule has 2 heteroatoms. The highest BCUT2D eigenvalue weighted by Crippen LogP contribution is 2.71. The molecule has 0 amide bonds. The van der Waals surface area contributed by atoms with E-state index in [0.29, 0.717) is 10.8 Å². The first kappa shape index (κ1) is 14.6. The van der Waals surface area contributed by atoms with Crippen molar-refractivity contribution in [2.45, 2.75) is 64.2 Å². The van der Waals surface area contributed by atoms with Gasteiger partial charge in [0.1, 0.15) is 5.76 Å². The van der Waals surface area contributed by atoms with Crippen molar-refractivity contribution in [3.05, 3.63) is 23.7 Å². The Morgan fingerprint density at radius 1 is 1.22 bits per heavy atom. The highest BCUT2D eigenvalue weighted by molar-refractivity contribution is 5.31. The first-order chi connectivity index (χ1) is 11.2. The van der Waals surface area contributed by atoms with Gasteiger partial charge in [0.15, 0.2) is 0 Å². The highest BCUT2D eigenvalue weighted by Gasteiger charge is 2.62. The Hall–Kier alpha value is -0.760. The van der Waals surface area contributed by atoms with Gasteiger partial charge in [0.25, 0.3) is 0 Å². The van der Waals surface area contributed by atoms with Crippen LogP contribution < -0.4 is 0 Å². The fraction of sp³-hybridized carbons (Fsp3) is 0.810. The third kappa shape index (κ3) is 1.85. The molecular weight excluding hydrogens is 284 g/mol. The minimum atomic E-state index is 0.502. The van der Waals surface area contributed by atoms with Gasteiger partial charge in [-0.1, -0.05) is 6.92 Å². The highest BCUT2D eigenvalue weighted by atomic mass is 16.5. The normalized spacial score (nSPS) is 47.7. The molecule has 0 N–H and O–H groups in total. The average molecular weight is 314 g/mol. The smallest absolute Gasteiger partial charge is 0.107 e. The zero-order chi connectivity index (χ0) is 15.7. The Labute approximate surface area is 140 Å². The quantitative estimate of drug-likeness (QED) is 0.750. The van der Waals surface area contributed by atoms with Crippen molar-refractivity contribution in [2.24, 2.45) is 28.6 Å². The average Bonchev–Trinajstić information content (AvgIpc) is 3.10. The molecule has 3 fully saturated rings.